The van der Waals surface area contributed by atoms with Gasteiger partial charge in [-0.05, 0) is 46.7 Å². The van der Waals surface area contributed by atoms with Crippen molar-refractivity contribution in [3.05, 3.63) is 52.4 Å². The van der Waals surface area contributed by atoms with Crippen LogP contribution in [-0.2, 0) is 13.1 Å². The van der Waals surface area contributed by atoms with Gasteiger partial charge in [-0.2, -0.15) is 0 Å². The maximum absolute atomic E-state index is 5.85. The third kappa shape index (κ3) is 3.35. The minimum atomic E-state index is 0.777. The zero-order valence-electron chi connectivity index (χ0n) is 9.69. The molecule has 0 spiro atoms. The van der Waals surface area contributed by atoms with E-state index in [1.807, 2.05) is 18.2 Å². The first-order valence-electron chi connectivity index (χ1n) is 5.38. The standard InChI is InChI=1S/C13H15BrN2O/c1-16(8-11-4-5-17-9-11)7-10-2-3-12(14)13(15)6-10/h2-6,9H,7-8,15H2,1H3. The highest BCUT2D eigenvalue weighted by Gasteiger charge is 2.04. The van der Waals surface area contributed by atoms with Crippen molar-refractivity contribution in [2.24, 2.45) is 0 Å². The quantitative estimate of drug-likeness (QED) is 0.880. The number of halogens is 1. The third-order valence-corrected chi connectivity index (χ3v) is 3.27. The summed E-state index contributed by atoms with van der Waals surface area (Å²) in [7, 11) is 2.07. The highest BCUT2D eigenvalue weighted by molar-refractivity contribution is 9.10. The van der Waals surface area contributed by atoms with Crippen LogP contribution in [0.15, 0.2) is 45.7 Å². The minimum Gasteiger partial charge on any atom is -0.472 e. The molecule has 2 aromatic rings. The van der Waals surface area contributed by atoms with Crippen molar-refractivity contribution in [2.75, 3.05) is 12.8 Å². The van der Waals surface area contributed by atoms with E-state index in [9.17, 15) is 0 Å². The van der Waals surface area contributed by atoms with E-state index in [4.69, 9.17) is 10.2 Å². The Morgan fingerprint density at radius 3 is 2.65 bits per heavy atom. The van der Waals surface area contributed by atoms with Crippen LogP contribution in [0.2, 0.25) is 0 Å². The first kappa shape index (κ1) is 12.2. The lowest BCUT2D eigenvalue weighted by atomic mass is 10.2. The van der Waals surface area contributed by atoms with Gasteiger partial charge in [0.2, 0.25) is 0 Å². The van der Waals surface area contributed by atoms with Crippen molar-refractivity contribution in [3.8, 4) is 0 Å². The molecular formula is C13H15BrN2O. The third-order valence-electron chi connectivity index (χ3n) is 2.55. The molecule has 90 valence electrons. The predicted molar refractivity (Wildman–Crippen MR) is 72.4 cm³/mol. The summed E-state index contributed by atoms with van der Waals surface area (Å²) in [6.07, 6.45) is 3.47. The van der Waals surface area contributed by atoms with E-state index in [-0.39, 0.29) is 0 Å². The number of nitrogen functional groups attached to an aromatic ring is 1. The summed E-state index contributed by atoms with van der Waals surface area (Å²) in [5, 5.41) is 0. The summed E-state index contributed by atoms with van der Waals surface area (Å²) >= 11 is 3.39. The smallest absolute Gasteiger partial charge is 0.0947 e. The molecule has 2 rings (SSSR count). The fourth-order valence-electron chi connectivity index (χ4n) is 1.75. The topological polar surface area (TPSA) is 42.4 Å². The molecular weight excluding hydrogens is 280 g/mol. The Hall–Kier alpha value is -1.26. The van der Waals surface area contributed by atoms with E-state index < -0.39 is 0 Å². The maximum atomic E-state index is 5.85. The summed E-state index contributed by atoms with van der Waals surface area (Å²) < 4.78 is 5.99. The van der Waals surface area contributed by atoms with Gasteiger partial charge in [-0.1, -0.05) is 6.07 Å². The average molecular weight is 295 g/mol. The number of nitrogens with two attached hydrogens (primary N) is 1. The molecule has 0 saturated carbocycles. The SMILES string of the molecule is CN(Cc1ccoc1)Cc1ccc(Br)c(N)c1. The molecule has 3 nitrogen and oxygen atoms in total. The van der Waals surface area contributed by atoms with Gasteiger partial charge < -0.3 is 10.2 Å². The van der Waals surface area contributed by atoms with E-state index in [0.29, 0.717) is 0 Å². The average Bonchev–Trinajstić information content (AvgIpc) is 2.76. The van der Waals surface area contributed by atoms with Gasteiger partial charge in [0.15, 0.2) is 0 Å². The molecule has 0 aliphatic heterocycles. The lowest BCUT2D eigenvalue weighted by Crippen LogP contribution is -2.16. The Kier molecular flexibility index (Phi) is 3.86. The van der Waals surface area contributed by atoms with E-state index in [1.54, 1.807) is 12.5 Å². The largest absolute Gasteiger partial charge is 0.472 e. The van der Waals surface area contributed by atoms with Crippen LogP contribution in [0.5, 0.6) is 0 Å². The molecule has 1 aromatic carbocycles. The Morgan fingerprint density at radius 2 is 2.00 bits per heavy atom. The lowest BCUT2D eigenvalue weighted by Gasteiger charge is -2.16. The van der Waals surface area contributed by atoms with E-state index in [1.165, 1.54) is 11.1 Å². The Morgan fingerprint density at radius 1 is 1.24 bits per heavy atom. The molecule has 1 heterocycles. The number of anilines is 1. The van der Waals surface area contributed by atoms with Crippen LogP contribution in [-0.4, -0.2) is 11.9 Å². The molecule has 0 saturated heterocycles. The Balaban J connectivity index is 1.98. The summed E-state index contributed by atoms with van der Waals surface area (Å²) in [4.78, 5) is 2.22. The summed E-state index contributed by atoms with van der Waals surface area (Å²) in [5.41, 5.74) is 9.01. The van der Waals surface area contributed by atoms with Crippen LogP contribution in [0.3, 0.4) is 0 Å². The molecule has 0 radical (unpaired) electrons. The van der Waals surface area contributed by atoms with Crippen LogP contribution < -0.4 is 5.73 Å². The van der Waals surface area contributed by atoms with Crippen LogP contribution in [0.4, 0.5) is 5.69 Å². The normalized spacial score (nSPS) is 11.0. The van der Waals surface area contributed by atoms with E-state index in [0.717, 1.165) is 23.2 Å². The molecule has 4 heteroatoms. The van der Waals surface area contributed by atoms with Gasteiger partial charge in [-0.3, -0.25) is 4.90 Å². The van der Waals surface area contributed by atoms with Crippen molar-refractivity contribution in [1.29, 1.82) is 0 Å². The zero-order chi connectivity index (χ0) is 12.3. The van der Waals surface area contributed by atoms with Crippen molar-refractivity contribution in [1.82, 2.24) is 4.90 Å². The second-order valence-corrected chi connectivity index (χ2v) is 5.01. The van der Waals surface area contributed by atoms with Crippen LogP contribution >= 0.6 is 15.9 Å². The second-order valence-electron chi connectivity index (χ2n) is 4.16. The predicted octanol–water partition coefficient (Wildman–Crippen LogP) is 3.26. The minimum absolute atomic E-state index is 0.777. The molecule has 2 N–H and O–H groups in total. The molecule has 0 aliphatic carbocycles. The van der Waals surface area contributed by atoms with Crippen LogP contribution in [0.25, 0.3) is 0 Å². The Bertz CT molecular complexity index is 482. The number of nitrogens with zero attached hydrogens (tertiary/aromatic N) is 1. The molecule has 0 unspecified atom stereocenters. The number of rotatable bonds is 4. The lowest BCUT2D eigenvalue weighted by molar-refractivity contribution is 0.318. The molecule has 1 aromatic heterocycles. The summed E-state index contributed by atoms with van der Waals surface area (Å²) in [5.74, 6) is 0. The van der Waals surface area contributed by atoms with Gasteiger partial charge in [0.25, 0.3) is 0 Å². The highest BCUT2D eigenvalue weighted by atomic mass is 79.9. The fraction of sp³-hybridized carbons (Fsp3) is 0.231. The molecule has 0 aliphatic rings. The van der Waals surface area contributed by atoms with Gasteiger partial charge in [-0.25, -0.2) is 0 Å². The molecule has 0 amide bonds. The van der Waals surface area contributed by atoms with Gasteiger partial charge in [-0.15, -0.1) is 0 Å². The first-order chi connectivity index (χ1) is 8.15. The van der Waals surface area contributed by atoms with E-state index in [2.05, 4.69) is 33.9 Å². The number of benzene rings is 1. The molecule has 0 atom stereocenters. The van der Waals surface area contributed by atoms with Crippen molar-refractivity contribution < 1.29 is 4.42 Å². The number of furan rings is 1. The summed E-state index contributed by atoms with van der Waals surface area (Å²) in [6, 6.07) is 8.03. The van der Waals surface area contributed by atoms with E-state index >= 15 is 0 Å². The van der Waals surface area contributed by atoms with Gasteiger partial charge in [0.05, 0.1) is 12.5 Å². The summed E-state index contributed by atoms with van der Waals surface area (Å²) in [6.45, 7) is 1.73. The number of hydrogen-bond donors (Lipinski definition) is 1. The van der Waals surface area contributed by atoms with Crippen molar-refractivity contribution >= 4 is 21.6 Å². The van der Waals surface area contributed by atoms with Crippen molar-refractivity contribution in [3.63, 3.8) is 0 Å². The monoisotopic (exact) mass is 294 g/mol. The second kappa shape index (κ2) is 5.38. The first-order valence-corrected chi connectivity index (χ1v) is 6.18. The highest BCUT2D eigenvalue weighted by Crippen LogP contribution is 2.21. The molecule has 17 heavy (non-hydrogen) atoms. The Labute approximate surface area is 109 Å². The van der Waals surface area contributed by atoms with Gasteiger partial charge in [0.1, 0.15) is 0 Å². The van der Waals surface area contributed by atoms with Gasteiger partial charge in [0, 0.05) is 28.8 Å². The molecule has 0 bridgehead atoms. The van der Waals surface area contributed by atoms with Crippen molar-refractivity contribution in [2.45, 2.75) is 13.1 Å². The number of hydrogen-bond acceptors (Lipinski definition) is 3. The molecule has 0 fully saturated rings. The zero-order valence-corrected chi connectivity index (χ0v) is 11.3. The maximum Gasteiger partial charge on any atom is 0.0947 e. The van der Waals surface area contributed by atoms with Crippen LogP contribution in [0.1, 0.15) is 11.1 Å². The van der Waals surface area contributed by atoms with Crippen LogP contribution in [0, 0.1) is 0 Å². The van der Waals surface area contributed by atoms with Gasteiger partial charge >= 0.3 is 0 Å². The fourth-order valence-corrected chi connectivity index (χ4v) is 2.00.